The summed E-state index contributed by atoms with van der Waals surface area (Å²) in [6, 6.07) is 4.27. The van der Waals surface area contributed by atoms with E-state index in [0.717, 1.165) is 44.9 Å². The van der Waals surface area contributed by atoms with Gasteiger partial charge in [-0.2, -0.15) is 0 Å². The maximum Gasteiger partial charge on any atom is 0.266 e. The maximum absolute atomic E-state index is 12.3. The van der Waals surface area contributed by atoms with Crippen LogP contribution in [0.4, 0.5) is 5.82 Å². The van der Waals surface area contributed by atoms with Crippen molar-refractivity contribution in [1.82, 2.24) is 10.5 Å². The molecule has 0 aromatic carbocycles. The van der Waals surface area contributed by atoms with Crippen LogP contribution in [-0.2, 0) is 4.74 Å². The summed E-state index contributed by atoms with van der Waals surface area (Å²) < 4.78 is 10.4. The highest BCUT2D eigenvalue weighted by Gasteiger charge is 2.39. The number of rotatable bonds is 6. The molecule has 134 valence electrons. The molecule has 1 aliphatic carbocycles. The first kappa shape index (κ1) is 16.8. The molecule has 1 amide bonds. The third-order valence-corrected chi connectivity index (χ3v) is 5.89. The number of aryl methyl sites for hydroxylation is 1. The number of carbonyl (C=O) groups excluding carboxylic acids is 1. The summed E-state index contributed by atoms with van der Waals surface area (Å²) in [5.74, 6) is 2.28. The van der Waals surface area contributed by atoms with E-state index in [-0.39, 0.29) is 5.91 Å². The standard InChI is InChI=1S/C18H23N3O3S/c1-11-6-17(21-24-11)20-18(22)16-7-13(10-25-16)14-8-15(14)19-9-12-2-4-23-5-3-12/h6-7,10,12,14-15,19H,2-5,8-9H2,1H3,(H,20,21,22). The lowest BCUT2D eigenvalue weighted by molar-refractivity contribution is 0.0662. The van der Waals surface area contributed by atoms with Gasteiger partial charge in [0.25, 0.3) is 5.91 Å². The first-order valence-corrected chi connectivity index (χ1v) is 9.71. The molecule has 2 aromatic rings. The van der Waals surface area contributed by atoms with Gasteiger partial charge in [-0.05, 0) is 55.7 Å². The second-order valence-electron chi connectivity index (χ2n) is 6.93. The predicted molar refractivity (Wildman–Crippen MR) is 96.2 cm³/mol. The number of nitrogens with one attached hydrogen (secondary N) is 2. The summed E-state index contributed by atoms with van der Waals surface area (Å²) in [5.41, 5.74) is 1.26. The Morgan fingerprint density at radius 1 is 1.36 bits per heavy atom. The van der Waals surface area contributed by atoms with Crippen LogP contribution in [0.2, 0.25) is 0 Å². The topological polar surface area (TPSA) is 76.4 Å². The number of hydrogen-bond acceptors (Lipinski definition) is 6. The number of ether oxygens (including phenoxy) is 1. The van der Waals surface area contributed by atoms with Crippen molar-refractivity contribution >= 4 is 23.1 Å². The minimum absolute atomic E-state index is 0.128. The number of nitrogens with zero attached hydrogens (tertiary/aromatic N) is 1. The highest BCUT2D eigenvalue weighted by molar-refractivity contribution is 7.12. The van der Waals surface area contributed by atoms with Gasteiger partial charge in [-0.3, -0.25) is 4.79 Å². The third-order valence-electron chi connectivity index (χ3n) is 4.94. The lowest BCUT2D eigenvalue weighted by atomic mass is 10.0. The van der Waals surface area contributed by atoms with Gasteiger partial charge in [-0.1, -0.05) is 5.16 Å². The molecule has 2 fully saturated rings. The van der Waals surface area contributed by atoms with E-state index in [9.17, 15) is 4.79 Å². The lowest BCUT2D eigenvalue weighted by Crippen LogP contribution is -2.29. The quantitative estimate of drug-likeness (QED) is 0.826. The Hall–Kier alpha value is -1.70. The zero-order valence-corrected chi connectivity index (χ0v) is 15.1. The number of anilines is 1. The summed E-state index contributed by atoms with van der Waals surface area (Å²) in [6.07, 6.45) is 3.48. The number of carbonyl (C=O) groups is 1. The van der Waals surface area contributed by atoms with Crippen molar-refractivity contribution in [3.63, 3.8) is 0 Å². The van der Waals surface area contributed by atoms with Crippen molar-refractivity contribution in [3.05, 3.63) is 33.7 Å². The molecule has 6 nitrogen and oxygen atoms in total. The molecule has 2 aromatic heterocycles. The van der Waals surface area contributed by atoms with Crippen molar-refractivity contribution in [1.29, 1.82) is 0 Å². The zero-order valence-electron chi connectivity index (χ0n) is 14.3. The summed E-state index contributed by atoms with van der Waals surface area (Å²) in [6.45, 7) is 4.67. The highest BCUT2D eigenvalue weighted by atomic mass is 32.1. The van der Waals surface area contributed by atoms with Gasteiger partial charge in [0, 0.05) is 31.2 Å². The Morgan fingerprint density at radius 2 is 2.20 bits per heavy atom. The van der Waals surface area contributed by atoms with Crippen LogP contribution in [0.1, 0.15) is 46.2 Å². The van der Waals surface area contributed by atoms with Gasteiger partial charge in [0.05, 0.1) is 4.88 Å². The molecule has 1 saturated carbocycles. The molecule has 0 radical (unpaired) electrons. The monoisotopic (exact) mass is 361 g/mol. The fraction of sp³-hybridized carbons (Fsp3) is 0.556. The van der Waals surface area contributed by atoms with E-state index in [1.807, 2.05) is 6.07 Å². The van der Waals surface area contributed by atoms with Crippen LogP contribution in [-0.4, -0.2) is 36.9 Å². The Kier molecular flexibility index (Phi) is 4.87. The van der Waals surface area contributed by atoms with E-state index in [2.05, 4.69) is 21.2 Å². The van der Waals surface area contributed by atoms with Crippen LogP contribution in [0.15, 0.2) is 22.0 Å². The van der Waals surface area contributed by atoms with Gasteiger partial charge in [0.1, 0.15) is 5.76 Å². The van der Waals surface area contributed by atoms with E-state index >= 15 is 0 Å². The largest absolute Gasteiger partial charge is 0.381 e. The fourth-order valence-electron chi connectivity index (χ4n) is 3.33. The number of amides is 1. The highest BCUT2D eigenvalue weighted by Crippen LogP contribution is 2.42. The molecule has 2 atom stereocenters. The van der Waals surface area contributed by atoms with Crippen molar-refractivity contribution < 1.29 is 14.1 Å². The van der Waals surface area contributed by atoms with Crippen molar-refractivity contribution in [2.45, 2.75) is 38.1 Å². The Morgan fingerprint density at radius 3 is 2.96 bits per heavy atom. The fourth-order valence-corrected chi connectivity index (χ4v) is 4.19. The van der Waals surface area contributed by atoms with Crippen LogP contribution in [0.25, 0.3) is 0 Å². The third kappa shape index (κ3) is 4.11. The SMILES string of the molecule is Cc1cc(NC(=O)c2cc(C3CC3NCC3CCOCC3)cs2)no1. The molecule has 1 aliphatic heterocycles. The Bertz CT molecular complexity index is 736. The van der Waals surface area contributed by atoms with Crippen molar-refractivity contribution in [2.75, 3.05) is 25.1 Å². The van der Waals surface area contributed by atoms with Gasteiger partial charge >= 0.3 is 0 Å². The maximum atomic E-state index is 12.3. The van der Waals surface area contributed by atoms with Crippen LogP contribution in [0.5, 0.6) is 0 Å². The van der Waals surface area contributed by atoms with Gasteiger partial charge < -0.3 is 19.9 Å². The van der Waals surface area contributed by atoms with Crippen LogP contribution >= 0.6 is 11.3 Å². The lowest BCUT2D eigenvalue weighted by Gasteiger charge is -2.22. The normalized spacial score (nSPS) is 23.6. The van der Waals surface area contributed by atoms with E-state index in [4.69, 9.17) is 9.26 Å². The smallest absolute Gasteiger partial charge is 0.266 e. The van der Waals surface area contributed by atoms with E-state index in [1.165, 1.54) is 16.9 Å². The van der Waals surface area contributed by atoms with Crippen LogP contribution in [0, 0.1) is 12.8 Å². The average molecular weight is 361 g/mol. The minimum Gasteiger partial charge on any atom is -0.381 e. The summed E-state index contributed by atoms with van der Waals surface area (Å²) in [7, 11) is 0. The number of thiophene rings is 1. The summed E-state index contributed by atoms with van der Waals surface area (Å²) in [5, 5.41) is 12.3. The van der Waals surface area contributed by atoms with Crippen molar-refractivity contribution in [2.24, 2.45) is 5.92 Å². The second kappa shape index (κ2) is 7.27. The average Bonchev–Trinajstić information content (AvgIpc) is 3.02. The molecular formula is C18H23N3O3S. The van der Waals surface area contributed by atoms with Crippen LogP contribution in [0.3, 0.4) is 0 Å². The molecule has 3 heterocycles. The number of hydrogen-bond donors (Lipinski definition) is 2. The summed E-state index contributed by atoms with van der Waals surface area (Å²) in [4.78, 5) is 13.0. The second-order valence-corrected chi connectivity index (χ2v) is 7.85. The molecule has 2 N–H and O–H groups in total. The Labute approximate surface area is 150 Å². The van der Waals surface area contributed by atoms with Gasteiger partial charge in [-0.25, -0.2) is 0 Å². The molecule has 0 bridgehead atoms. The van der Waals surface area contributed by atoms with Crippen molar-refractivity contribution in [3.8, 4) is 0 Å². The van der Waals surface area contributed by atoms with Crippen LogP contribution < -0.4 is 10.6 Å². The van der Waals surface area contributed by atoms with E-state index in [1.54, 1.807) is 13.0 Å². The number of aromatic nitrogens is 1. The summed E-state index contributed by atoms with van der Waals surface area (Å²) >= 11 is 1.49. The molecule has 4 rings (SSSR count). The molecule has 7 heteroatoms. The zero-order chi connectivity index (χ0) is 17.2. The molecule has 0 spiro atoms. The molecule has 1 saturated heterocycles. The van der Waals surface area contributed by atoms with E-state index < -0.39 is 0 Å². The molecule has 2 aliphatic rings. The Balaban J connectivity index is 1.27. The first-order valence-electron chi connectivity index (χ1n) is 8.83. The molecule has 25 heavy (non-hydrogen) atoms. The van der Waals surface area contributed by atoms with E-state index in [0.29, 0.717) is 28.4 Å². The minimum atomic E-state index is -0.128. The predicted octanol–water partition coefficient (Wildman–Crippen LogP) is 3.17. The van der Waals surface area contributed by atoms with Gasteiger partial charge in [0.2, 0.25) is 0 Å². The van der Waals surface area contributed by atoms with Gasteiger partial charge in [-0.15, -0.1) is 11.3 Å². The molecule has 2 unspecified atom stereocenters. The molecular weight excluding hydrogens is 338 g/mol. The van der Waals surface area contributed by atoms with Gasteiger partial charge in [0.15, 0.2) is 5.82 Å². The first-order chi connectivity index (χ1) is 12.2.